The van der Waals surface area contributed by atoms with Gasteiger partial charge in [0.05, 0.1) is 0 Å². The molecule has 2 rings (SSSR count). The molecule has 0 aromatic heterocycles. The molecular weight excluding hydrogens is 224 g/mol. The van der Waals surface area contributed by atoms with Gasteiger partial charge in [0, 0.05) is 6.54 Å². The molecule has 0 radical (unpaired) electrons. The van der Waals surface area contributed by atoms with Gasteiger partial charge in [0.15, 0.2) is 11.6 Å². The van der Waals surface area contributed by atoms with Crippen molar-refractivity contribution in [3.05, 3.63) is 28.8 Å². The van der Waals surface area contributed by atoms with E-state index in [1.54, 1.807) is 0 Å². The highest BCUT2D eigenvalue weighted by molar-refractivity contribution is 6.32. The van der Waals surface area contributed by atoms with Crippen LogP contribution in [0.15, 0.2) is 12.1 Å². The molecule has 1 N–H and O–H groups in total. The van der Waals surface area contributed by atoms with E-state index in [4.69, 9.17) is 16.3 Å². The van der Waals surface area contributed by atoms with Gasteiger partial charge < -0.3 is 10.1 Å². The van der Waals surface area contributed by atoms with Gasteiger partial charge in [-0.1, -0.05) is 11.6 Å². The van der Waals surface area contributed by atoms with E-state index >= 15 is 0 Å². The van der Waals surface area contributed by atoms with Crippen LogP contribution >= 0.6 is 11.6 Å². The zero-order valence-electron chi connectivity index (χ0n) is 7.90. The monoisotopic (exact) mass is 233 g/mol. The highest BCUT2D eigenvalue weighted by Gasteiger charge is 2.21. The summed E-state index contributed by atoms with van der Waals surface area (Å²) in [4.78, 5) is 0. The van der Waals surface area contributed by atoms with E-state index in [1.807, 2.05) is 0 Å². The Balaban J connectivity index is 2.22. The SMILES string of the molecule is Fc1ccc(F)c(OC2CCNC2)c1Cl. The summed E-state index contributed by atoms with van der Waals surface area (Å²) in [6, 6.07) is 2.00. The zero-order chi connectivity index (χ0) is 10.8. The third kappa shape index (κ3) is 2.21. The number of hydrogen-bond acceptors (Lipinski definition) is 2. The number of ether oxygens (including phenoxy) is 1. The lowest BCUT2D eigenvalue weighted by Gasteiger charge is -2.14. The van der Waals surface area contributed by atoms with E-state index in [0.29, 0.717) is 6.54 Å². The average Bonchev–Trinajstić information content (AvgIpc) is 2.71. The summed E-state index contributed by atoms with van der Waals surface area (Å²) < 4.78 is 31.6. The fourth-order valence-corrected chi connectivity index (χ4v) is 1.71. The van der Waals surface area contributed by atoms with Gasteiger partial charge in [-0.3, -0.25) is 0 Å². The van der Waals surface area contributed by atoms with Gasteiger partial charge in [0.2, 0.25) is 0 Å². The van der Waals surface area contributed by atoms with E-state index in [0.717, 1.165) is 25.1 Å². The summed E-state index contributed by atoms with van der Waals surface area (Å²) in [6.45, 7) is 1.45. The van der Waals surface area contributed by atoms with E-state index in [1.165, 1.54) is 0 Å². The highest BCUT2D eigenvalue weighted by Crippen LogP contribution is 2.31. The Morgan fingerprint density at radius 2 is 2.07 bits per heavy atom. The molecule has 82 valence electrons. The van der Waals surface area contributed by atoms with Crippen LogP contribution in [0, 0.1) is 11.6 Å². The van der Waals surface area contributed by atoms with Crippen LogP contribution in [0.1, 0.15) is 6.42 Å². The Labute approximate surface area is 91.2 Å². The van der Waals surface area contributed by atoms with Crippen LogP contribution in [-0.4, -0.2) is 19.2 Å². The maximum absolute atomic E-state index is 13.3. The number of benzene rings is 1. The van der Waals surface area contributed by atoms with Crippen LogP contribution in [0.2, 0.25) is 5.02 Å². The Morgan fingerprint density at radius 1 is 1.33 bits per heavy atom. The molecule has 0 aliphatic carbocycles. The molecule has 1 atom stereocenters. The smallest absolute Gasteiger partial charge is 0.176 e. The molecule has 2 nitrogen and oxygen atoms in total. The minimum absolute atomic E-state index is 0.140. The topological polar surface area (TPSA) is 21.3 Å². The van der Waals surface area contributed by atoms with Gasteiger partial charge in [-0.25, -0.2) is 8.78 Å². The van der Waals surface area contributed by atoms with E-state index in [2.05, 4.69) is 5.32 Å². The van der Waals surface area contributed by atoms with Crippen molar-refractivity contribution in [3.8, 4) is 5.75 Å². The normalized spacial score (nSPS) is 20.6. The number of hydrogen-bond donors (Lipinski definition) is 1. The maximum Gasteiger partial charge on any atom is 0.176 e. The van der Waals surface area contributed by atoms with Gasteiger partial charge in [-0.15, -0.1) is 0 Å². The van der Waals surface area contributed by atoms with Crippen LogP contribution in [0.4, 0.5) is 8.78 Å². The summed E-state index contributed by atoms with van der Waals surface area (Å²) in [5, 5.41) is 2.77. The second-order valence-electron chi connectivity index (χ2n) is 3.40. The van der Waals surface area contributed by atoms with Crippen LogP contribution < -0.4 is 10.1 Å². The molecule has 1 aliphatic heterocycles. The van der Waals surface area contributed by atoms with Gasteiger partial charge in [0.1, 0.15) is 16.9 Å². The van der Waals surface area contributed by atoms with Crippen molar-refractivity contribution in [3.63, 3.8) is 0 Å². The zero-order valence-corrected chi connectivity index (χ0v) is 8.65. The predicted molar refractivity (Wildman–Crippen MR) is 53.3 cm³/mol. The van der Waals surface area contributed by atoms with E-state index in [9.17, 15) is 8.78 Å². The van der Waals surface area contributed by atoms with Gasteiger partial charge in [0.25, 0.3) is 0 Å². The Bertz CT molecular complexity index is 367. The Kier molecular flexibility index (Phi) is 3.07. The standard InChI is InChI=1S/C10H10ClF2NO/c11-9-7(12)1-2-8(13)10(9)15-6-3-4-14-5-6/h1-2,6,14H,3-5H2. The molecule has 15 heavy (non-hydrogen) atoms. The van der Waals surface area contributed by atoms with Crippen LogP contribution in [-0.2, 0) is 0 Å². The first kappa shape index (κ1) is 10.6. The molecule has 5 heteroatoms. The summed E-state index contributed by atoms with van der Waals surface area (Å²) in [5.41, 5.74) is 0. The van der Waals surface area contributed by atoms with Crippen molar-refractivity contribution >= 4 is 11.6 Å². The first-order valence-electron chi connectivity index (χ1n) is 4.69. The molecule has 0 amide bonds. The lowest BCUT2D eigenvalue weighted by molar-refractivity contribution is 0.212. The van der Waals surface area contributed by atoms with Crippen molar-refractivity contribution in [2.24, 2.45) is 0 Å². The van der Waals surface area contributed by atoms with Crippen molar-refractivity contribution < 1.29 is 13.5 Å². The first-order chi connectivity index (χ1) is 7.18. The van der Waals surface area contributed by atoms with E-state index < -0.39 is 11.6 Å². The Morgan fingerprint density at radius 3 is 2.73 bits per heavy atom. The number of nitrogens with one attached hydrogen (secondary N) is 1. The van der Waals surface area contributed by atoms with Crippen LogP contribution in [0.3, 0.4) is 0 Å². The minimum Gasteiger partial charge on any atom is -0.484 e. The van der Waals surface area contributed by atoms with Crippen molar-refractivity contribution in [1.29, 1.82) is 0 Å². The second-order valence-corrected chi connectivity index (χ2v) is 3.78. The summed E-state index contributed by atoms with van der Waals surface area (Å²) >= 11 is 5.62. The second kappa shape index (κ2) is 4.33. The minimum atomic E-state index is -0.668. The lowest BCUT2D eigenvalue weighted by atomic mass is 10.3. The average molecular weight is 234 g/mol. The molecular formula is C10H10ClF2NO. The predicted octanol–water partition coefficient (Wildman–Crippen LogP) is 2.36. The fourth-order valence-electron chi connectivity index (χ4n) is 1.51. The summed E-state index contributed by atoms with van der Waals surface area (Å²) in [5.74, 6) is -1.49. The van der Waals surface area contributed by atoms with Crippen molar-refractivity contribution in [1.82, 2.24) is 5.32 Å². The molecule has 1 aromatic rings. The van der Waals surface area contributed by atoms with Crippen molar-refractivity contribution in [2.45, 2.75) is 12.5 Å². The molecule has 0 spiro atoms. The molecule has 1 unspecified atom stereocenters. The Hall–Kier alpha value is -0.870. The largest absolute Gasteiger partial charge is 0.484 e. The van der Waals surface area contributed by atoms with Gasteiger partial charge in [-0.2, -0.15) is 0 Å². The molecule has 1 fully saturated rings. The molecule has 0 bridgehead atoms. The summed E-state index contributed by atoms with van der Waals surface area (Å²) in [7, 11) is 0. The summed E-state index contributed by atoms with van der Waals surface area (Å²) in [6.07, 6.45) is 0.630. The maximum atomic E-state index is 13.3. The third-order valence-electron chi connectivity index (χ3n) is 2.30. The number of rotatable bonds is 2. The fraction of sp³-hybridized carbons (Fsp3) is 0.400. The highest BCUT2D eigenvalue weighted by atomic mass is 35.5. The quantitative estimate of drug-likeness (QED) is 0.792. The molecule has 1 saturated heterocycles. The molecule has 1 aliphatic rings. The third-order valence-corrected chi connectivity index (χ3v) is 2.65. The lowest BCUT2D eigenvalue weighted by Crippen LogP contribution is -2.20. The molecule has 1 aromatic carbocycles. The number of halogens is 3. The molecule has 1 heterocycles. The van der Waals surface area contributed by atoms with Crippen LogP contribution in [0.25, 0.3) is 0 Å². The van der Waals surface area contributed by atoms with Crippen LogP contribution in [0.5, 0.6) is 5.75 Å². The first-order valence-corrected chi connectivity index (χ1v) is 5.07. The van der Waals surface area contributed by atoms with Crippen molar-refractivity contribution in [2.75, 3.05) is 13.1 Å². The van der Waals surface area contributed by atoms with E-state index in [-0.39, 0.29) is 16.9 Å². The van der Waals surface area contributed by atoms with Gasteiger partial charge in [-0.05, 0) is 25.1 Å². The van der Waals surface area contributed by atoms with Gasteiger partial charge >= 0.3 is 0 Å². The molecule has 0 saturated carbocycles.